The van der Waals surface area contributed by atoms with E-state index in [0.717, 1.165) is 5.56 Å². The van der Waals surface area contributed by atoms with Crippen LogP contribution >= 0.6 is 0 Å². The van der Waals surface area contributed by atoms with Gasteiger partial charge in [-0.05, 0) is 61.5 Å². The van der Waals surface area contributed by atoms with Gasteiger partial charge in [0.15, 0.2) is 0 Å². The van der Waals surface area contributed by atoms with Gasteiger partial charge < -0.3 is 10.4 Å². The van der Waals surface area contributed by atoms with Crippen LogP contribution in [0.1, 0.15) is 16.1 Å². The number of hydrogen-bond acceptors (Lipinski definition) is 5. The number of phenols is 1. The minimum absolute atomic E-state index is 0.0660. The van der Waals surface area contributed by atoms with E-state index in [1.54, 1.807) is 42.5 Å². The second-order valence-corrected chi connectivity index (χ2v) is 9.44. The first-order valence-electron chi connectivity index (χ1n) is 10.1. The molecule has 0 radical (unpaired) electrons. The Kier molecular flexibility index (Phi) is 5.89. The van der Waals surface area contributed by atoms with E-state index in [0.29, 0.717) is 22.6 Å². The summed E-state index contributed by atoms with van der Waals surface area (Å²) in [6, 6.07) is 21.3. The summed E-state index contributed by atoms with van der Waals surface area (Å²) in [6.07, 6.45) is 0. The minimum Gasteiger partial charge on any atom is -0.507 e. The van der Waals surface area contributed by atoms with Gasteiger partial charge in [-0.3, -0.25) is 14.2 Å². The molecule has 0 fully saturated rings. The zero-order valence-electron chi connectivity index (χ0n) is 18.0. The van der Waals surface area contributed by atoms with Crippen LogP contribution in [0, 0.1) is 6.92 Å². The van der Waals surface area contributed by atoms with Crippen LogP contribution in [0.25, 0.3) is 11.3 Å². The third kappa shape index (κ3) is 4.58. The number of carbonyl (C=O) groups excluding carboxylic acids is 1. The van der Waals surface area contributed by atoms with Crippen molar-refractivity contribution in [3.05, 3.63) is 90.1 Å². The highest BCUT2D eigenvalue weighted by Gasteiger charge is 2.21. The summed E-state index contributed by atoms with van der Waals surface area (Å²) in [5.74, 6) is -0.380. The molecule has 0 spiro atoms. The van der Waals surface area contributed by atoms with Gasteiger partial charge in [0.1, 0.15) is 11.4 Å². The molecular formula is C24H22N4O4S. The summed E-state index contributed by atoms with van der Waals surface area (Å²) in [7, 11) is -2.26. The number of rotatable bonds is 6. The highest BCUT2D eigenvalue weighted by Crippen LogP contribution is 2.29. The average molecular weight is 463 g/mol. The summed E-state index contributed by atoms with van der Waals surface area (Å²) in [5.41, 5.74) is 3.07. The van der Waals surface area contributed by atoms with E-state index < -0.39 is 15.9 Å². The molecule has 4 aromatic rings. The van der Waals surface area contributed by atoms with Crippen LogP contribution in [0.2, 0.25) is 0 Å². The van der Waals surface area contributed by atoms with Crippen molar-refractivity contribution >= 4 is 27.3 Å². The molecule has 0 aliphatic carbocycles. The number of phenolic OH excluding ortho intramolecular Hbond substituents is 1. The van der Waals surface area contributed by atoms with Gasteiger partial charge in [-0.2, -0.15) is 5.10 Å². The second-order valence-electron chi connectivity index (χ2n) is 7.47. The second kappa shape index (κ2) is 8.79. The molecule has 33 heavy (non-hydrogen) atoms. The Morgan fingerprint density at radius 2 is 1.70 bits per heavy atom. The van der Waals surface area contributed by atoms with E-state index >= 15 is 0 Å². The van der Waals surface area contributed by atoms with Crippen LogP contribution in [-0.2, 0) is 10.0 Å². The van der Waals surface area contributed by atoms with Gasteiger partial charge in [-0.1, -0.05) is 29.8 Å². The summed E-state index contributed by atoms with van der Waals surface area (Å²) < 4.78 is 27.0. The molecule has 0 saturated carbocycles. The van der Waals surface area contributed by atoms with Crippen LogP contribution in [0.15, 0.2) is 83.8 Å². The zero-order chi connectivity index (χ0) is 23.6. The average Bonchev–Trinajstić information content (AvgIpc) is 3.31. The molecule has 0 atom stereocenters. The van der Waals surface area contributed by atoms with Crippen LogP contribution in [0.5, 0.6) is 5.75 Å². The summed E-state index contributed by atoms with van der Waals surface area (Å²) in [4.78, 5) is 12.7. The van der Waals surface area contributed by atoms with E-state index in [2.05, 4.69) is 15.5 Å². The van der Waals surface area contributed by atoms with Crippen LogP contribution < -0.4 is 9.62 Å². The largest absolute Gasteiger partial charge is 0.507 e. The van der Waals surface area contributed by atoms with E-state index in [4.69, 9.17) is 0 Å². The number of carbonyl (C=O) groups is 1. The number of sulfonamides is 1. The van der Waals surface area contributed by atoms with Gasteiger partial charge in [0.2, 0.25) is 0 Å². The predicted octanol–water partition coefficient (Wildman–Crippen LogP) is 4.17. The van der Waals surface area contributed by atoms with Gasteiger partial charge in [0.25, 0.3) is 15.9 Å². The number of aromatic hydroxyl groups is 1. The normalized spacial score (nSPS) is 11.2. The summed E-state index contributed by atoms with van der Waals surface area (Å²) in [6.45, 7) is 1.89. The Hall–Kier alpha value is -4.11. The molecule has 9 heteroatoms. The first-order chi connectivity index (χ1) is 15.8. The van der Waals surface area contributed by atoms with Crippen molar-refractivity contribution in [3.63, 3.8) is 0 Å². The standard InChI is InChI=1S/C24H22N4O4S/c1-16-8-13-23(29)20(14-16)21-15-22(27-26-21)24(30)25-17-9-11-19(12-10-17)33(31,32)28(2)18-6-4-3-5-7-18/h3-15,29H,1-2H3,(H,25,30)(H,26,27). The maximum absolute atomic E-state index is 12.9. The number of para-hydroxylation sites is 1. The molecule has 8 nitrogen and oxygen atoms in total. The summed E-state index contributed by atoms with van der Waals surface area (Å²) in [5, 5.41) is 19.6. The van der Waals surface area contributed by atoms with Crippen molar-refractivity contribution in [1.29, 1.82) is 0 Å². The van der Waals surface area contributed by atoms with Gasteiger partial charge in [-0.15, -0.1) is 0 Å². The Bertz CT molecular complexity index is 1400. The first kappa shape index (κ1) is 22.1. The number of hydrogen-bond donors (Lipinski definition) is 3. The number of H-pyrrole nitrogens is 1. The molecule has 168 valence electrons. The molecule has 1 aromatic heterocycles. The maximum atomic E-state index is 12.9. The lowest BCUT2D eigenvalue weighted by Crippen LogP contribution is -2.26. The molecule has 0 aliphatic rings. The molecule has 0 aliphatic heterocycles. The van der Waals surface area contributed by atoms with Crippen molar-refractivity contribution in [2.75, 3.05) is 16.7 Å². The number of aromatic amines is 1. The van der Waals surface area contributed by atoms with E-state index in [-0.39, 0.29) is 16.3 Å². The van der Waals surface area contributed by atoms with Gasteiger partial charge in [-0.25, -0.2) is 8.42 Å². The van der Waals surface area contributed by atoms with Crippen LogP contribution in [0.4, 0.5) is 11.4 Å². The Morgan fingerprint density at radius 1 is 1.00 bits per heavy atom. The fourth-order valence-electron chi connectivity index (χ4n) is 3.27. The highest BCUT2D eigenvalue weighted by atomic mass is 32.2. The van der Waals surface area contributed by atoms with Crippen LogP contribution in [-0.4, -0.2) is 36.7 Å². The van der Waals surface area contributed by atoms with Crippen molar-refractivity contribution in [3.8, 4) is 17.0 Å². The number of aryl methyl sites for hydroxylation is 1. The van der Waals surface area contributed by atoms with Crippen molar-refractivity contribution in [2.24, 2.45) is 0 Å². The number of benzene rings is 3. The molecule has 0 unspecified atom stereocenters. The number of aromatic nitrogens is 2. The molecule has 3 aromatic carbocycles. The topological polar surface area (TPSA) is 115 Å². The van der Waals surface area contributed by atoms with E-state index in [1.165, 1.54) is 41.7 Å². The lowest BCUT2D eigenvalue weighted by molar-refractivity contribution is 0.102. The number of nitrogens with one attached hydrogen (secondary N) is 2. The lowest BCUT2D eigenvalue weighted by atomic mass is 10.1. The van der Waals surface area contributed by atoms with Gasteiger partial charge in [0, 0.05) is 18.3 Å². The van der Waals surface area contributed by atoms with Crippen molar-refractivity contribution in [1.82, 2.24) is 10.2 Å². The monoisotopic (exact) mass is 462 g/mol. The molecule has 3 N–H and O–H groups in total. The minimum atomic E-state index is -3.74. The number of anilines is 2. The Labute approximate surface area is 191 Å². The molecular weight excluding hydrogens is 440 g/mol. The Morgan fingerprint density at radius 3 is 2.39 bits per heavy atom. The smallest absolute Gasteiger partial charge is 0.273 e. The molecule has 1 amide bonds. The highest BCUT2D eigenvalue weighted by molar-refractivity contribution is 7.92. The lowest BCUT2D eigenvalue weighted by Gasteiger charge is -2.19. The van der Waals surface area contributed by atoms with Crippen molar-refractivity contribution < 1.29 is 18.3 Å². The van der Waals surface area contributed by atoms with E-state index in [1.807, 2.05) is 13.0 Å². The fraction of sp³-hybridized carbons (Fsp3) is 0.0833. The zero-order valence-corrected chi connectivity index (χ0v) is 18.8. The fourth-order valence-corrected chi connectivity index (χ4v) is 4.47. The van der Waals surface area contributed by atoms with Gasteiger partial charge in [0.05, 0.1) is 16.3 Å². The molecule has 0 bridgehead atoms. The van der Waals surface area contributed by atoms with Crippen LogP contribution in [0.3, 0.4) is 0 Å². The first-order valence-corrected chi connectivity index (χ1v) is 11.5. The summed E-state index contributed by atoms with van der Waals surface area (Å²) >= 11 is 0. The predicted molar refractivity (Wildman–Crippen MR) is 127 cm³/mol. The SMILES string of the molecule is Cc1ccc(O)c(-c2cc(C(=O)Nc3ccc(S(=O)(=O)N(C)c4ccccc4)cc3)[nH]n2)c1. The third-order valence-electron chi connectivity index (χ3n) is 5.14. The van der Waals surface area contributed by atoms with Gasteiger partial charge >= 0.3 is 0 Å². The third-order valence-corrected chi connectivity index (χ3v) is 6.94. The maximum Gasteiger partial charge on any atom is 0.273 e. The van der Waals surface area contributed by atoms with Crippen molar-refractivity contribution in [2.45, 2.75) is 11.8 Å². The molecule has 4 rings (SSSR count). The number of amides is 1. The van der Waals surface area contributed by atoms with E-state index in [9.17, 15) is 18.3 Å². The molecule has 0 saturated heterocycles. The quantitative estimate of drug-likeness (QED) is 0.398. The molecule has 1 heterocycles. The Balaban J connectivity index is 1.49. The number of nitrogens with zero attached hydrogens (tertiary/aromatic N) is 2.